The van der Waals surface area contributed by atoms with Gasteiger partial charge in [-0.3, -0.25) is 9.59 Å². The van der Waals surface area contributed by atoms with E-state index in [4.69, 9.17) is 18.6 Å². The molecule has 0 spiro atoms. The second kappa shape index (κ2) is 9.46. The first kappa shape index (κ1) is 22.3. The van der Waals surface area contributed by atoms with Crippen LogP contribution in [0.1, 0.15) is 41.4 Å². The maximum Gasteiger partial charge on any atom is 0.300 e. The predicted molar refractivity (Wildman–Crippen MR) is 130 cm³/mol. The van der Waals surface area contributed by atoms with Crippen molar-refractivity contribution in [3.63, 3.8) is 0 Å². The van der Waals surface area contributed by atoms with E-state index in [1.54, 1.807) is 24.4 Å². The highest BCUT2D eigenvalue weighted by atomic mass is 16.5. The van der Waals surface area contributed by atoms with Crippen LogP contribution in [0.4, 0.5) is 17.5 Å². The molecule has 1 atom stereocenters. The van der Waals surface area contributed by atoms with Gasteiger partial charge in [0, 0.05) is 37.5 Å². The van der Waals surface area contributed by atoms with E-state index in [1.165, 1.54) is 12.7 Å². The third-order valence-electron chi connectivity index (χ3n) is 6.45. The van der Waals surface area contributed by atoms with Crippen molar-refractivity contribution in [2.75, 3.05) is 47.9 Å². The van der Waals surface area contributed by atoms with Crippen LogP contribution < -0.4 is 20.7 Å². The van der Waals surface area contributed by atoms with Crippen LogP contribution in [0.15, 0.2) is 50.7 Å². The van der Waals surface area contributed by atoms with Gasteiger partial charge in [0.15, 0.2) is 23.5 Å². The number of aromatic nitrogens is 4. The van der Waals surface area contributed by atoms with Crippen LogP contribution in [0.3, 0.4) is 0 Å². The molecule has 2 aliphatic rings. The molecular weight excluding hydrogens is 466 g/mol. The summed E-state index contributed by atoms with van der Waals surface area (Å²) in [7, 11) is 0. The topological polar surface area (TPSA) is 143 Å². The van der Waals surface area contributed by atoms with Gasteiger partial charge in [-0.25, -0.2) is 9.97 Å². The van der Waals surface area contributed by atoms with Gasteiger partial charge >= 0.3 is 0 Å². The summed E-state index contributed by atoms with van der Waals surface area (Å²) in [5, 5.41) is 2.90. The van der Waals surface area contributed by atoms with Crippen LogP contribution in [0.5, 0.6) is 0 Å². The van der Waals surface area contributed by atoms with E-state index in [0.29, 0.717) is 54.0 Å². The van der Waals surface area contributed by atoms with Gasteiger partial charge in [-0.2, -0.15) is 4.98 Å². The van der Waals surface area contributed by atoms with Crippen molar-refractivity contribution in [3.8, 4) is 0 Å². The summed E-state index contributed by atoms with van der Waals surface area (Å²) in [4.78, 5) is 45.1. The maximum atomic E-state index is 12.7. The van der Waals surface area contributed by atoms with Gasteiger partial charge in [-0.15, -0.1) is 0 Å². The first-order valence-corrected chi connectivity index (χ1v) is 12.0. The number of piperidine rings is 1. The number of morpholine rings is 1. The van der Waals surface area contributed by atoms with E-state index in [9.17, 15) is 9.59 Å². The minimum Gasteiger partial charge on any atom is -0.451 e. The van der Waals surface area contributed by atoms with Gasteiger partial charge in [0.1, 0.15) is 12.4 Å². The SMILES string of the molecule is O=C(Nc1cc2oc(N3CCOC(c4ccc[nH]c4=O)C3)nc2nc1N1CCCCC1)c1cocn1. The second-order valence-electron chi connectivity index (χ2n) is 8.81. The average Bonchev–Trinajstić information content (AvgIpc) is 3.59. The Kier molecular flexibility index (Phi) is 5.85. The summed E-state index contributed by atoms with van der Waals surface area (Å²) < 4.78 is 16.9. The number of oxazole rings is 2. The molecule has 186 valence electrons. The summed E-state index contributed by atoms with van der Waals surface area (Å²) >= 11 is 0. The highest BCUT2D eigenvalue weighted by Crippen LogP contribution is 2.33. The third kappa shape index (κ3) is 4.31. The minimum absolute atomic E-state index is 0.174. The van der Waals surface area contributed by atoms with Crippen molar-refractivity contribution >= 4 is 34.7 Å². The Hall–Kier alpha value is -4.19. The zero-order valence-corrected chi connectivity index (χ0v) is 19.5. The average molecular weight is 492 g/mol. The molecule has 2 aliphatic heterocycles. The van der Waals surface area contributed by atoms with Crippen molar-refractivity contribution in [1.29, 1.82) is 0 Å². The maximum absolute atomic E-state index is 12.7. The normalized spacial score (nSPS) is 18.5. The molecule has 1 unspecified atom stereocenters. The van der Waals surface area contributed by atoms with Crippen LogP contribution in [0.2, 0.25) is 0 Å². The van der Waals surface area contributed by atoms with Gasteiger partial charge in [0.2, 0.25) is 5.65 Å². The number of nitrogens with one attached hydrogen (secondary N) is 2. The van der Waals surface area contributed by atoms with Gasteiger partial charge < -0.3 is 33.7 Å². The molecule has 4 aromatic heterocycles. The Morgan fingerprint density at radius 1 is 1.14 bits per heavy atom. The standard InChI is InChI=1S/C24H25N7O5/c32-22-15(5-4-6-25-22)19-12-31(9-10-35-19)24-29-20-18(36-24)11-16(27-23(33)17-13-34-14-26-17)21(28-20)30-7-2-1-3-8-30/h4-6,11,13-14,19H,1-3,7-10,12H2,(H,25,32)(H,27,33). The van der Waals surface area contributed by atoms with Crippen molar-refractivity contribution in [1.82, 2.24) is 19.9 Å². The second-order valence-corrected chi connectivity index (χ2v) is 8.81. The lowest BCUT2D eigenvalue weighted by atomic mass is 10.1. The molecule has 2 N–H and O–H groups in total. The number of anilines is 3. The number of hydrogen-bond acceptors (Lipinski definition) is 10. The van der Waals surface area contributed by atoms with Crippen LogP contribution in [0, 0.1) is 0 Å². The fraction of sp³-hybridized carbons (Fsp3) is 0.375. The molecule has 6 rings (SSSR count). The van der Waals surface area contributed by atoms with Crippen molar-refractivity contribution < 1.29 is 18.4 Å². The molecule has 0 bridgehead atoms. The van der Waals surface area contributed by atoms with Gasteiger partial charge in [-0.05, 0) is 31.4 Å². The number of carbonyl (C=O) groups is 1. The highest BCUT2D eigenvalue weighted by Gasteiger charge is 2.28. The first-order chi connectivity index (χ1) is 17.7. The molecule has 0 aromatic carbocycles. The zero-order valence-electron chi connectivity index (χ0n) is 19.5. The number of amides is 1. The van der Waals surface area contributed by atoms with Crippen molar-refractivity contribution in [3.05, 3.63) is 58.7 Å². The highest BCUT2D eigenvalue weighted by molar-refractivity contribution is 6.05. The summed E-state index contributed by atoms with van der Waals surface area (Å²) in [5.41, 5.74) is 1.97. The van der Waals surface area contributed by atoms with E-state index >= 15 is 0 Å². The summed E-state index contributed by atoms with van der Waals surface area (Å²) in [5.74, 6) is 0.251. The van der Waals surface area contributed by atoms with E-state index in [2.05, 4.69) is 25.2 Å². The van der Waals surface area contributed by atoms with Gasteiger partial charge in [0.25, 0.3) is 17.5 Å². The molecule has 0 radical (unpaired) electrons. The Bertz CT molecular complexity index is 1420. The van der Waals surface area contributed by atoms with Crippen LogP contribution in [-0.2, 0) is 4.74 Å². The number of hydrogen-bond donors (Lipinski definition) is 2. The zero-order chi connectivity index (χ0) is 24.5. The van der Waals surface area contributed by atoms with E-state index < -0.39 is 12.0 Å². The van der Waals surface area contributed by atoms with E-state index in [-0.39, 0.29) is 11.3 Å². The molecule has 2 saturated heterocycles. The predicted octanol–water partition coefficient (Wildman–Crippen LogP) is 2.72. The van der Waals surface area contributed by atoms with Crippen LogP contribution in [0.25, 0.3) is 11.2 Å². The fourth-order valence-electron chi connectivity index (χ4n) is 4.63. The molecule has 2 fully saturated rings. The summed E-state index contributed by atoms with van der Waals surface area (Å²) in [6.07, 6.45) is 6.95. The van der Waals surface area contributed by atoms with Crippen molar-refractivity contribution in [2.45, 2.75) is 25.4 Å². The van der Waals surface area contributed by atoms with E-state index in [0.717, 1.165) is 32.4 Å². The first-order valence-electron chi connectivity index (χ1n) is 12.0. The molecule has 4 aromatic rings. The van der Waals surface area contributed by atoms with E-state index in [1.807, 2.05) is 4.90 Å². The Balaban J connectivity index is 1.32. The van der Waals surface area contributed by atoms with Crippen LogP contribution in [-0.4, -0.2) is 58.6 Å². The number of nitrogens with zero attached hydrogens (tertiary/aromatic N) is 5. The summed E-state index contributed by atoms with van der Waals surface area (Å²) in [6, 6.07) is 5.68. The molecule has 12 nitrogen and oxygen atoms in total. The molecule has 0 saturated carbocycles. The largest absolute Gasteiger partial charge is 0.451 e. The number of rotatable bonds is 5. The lowest BCUT2D eigenvalue weighted by Gasteiger charge is -2.31. The molecule has 36 heavy (non-hydrogen) atoms. The number of fused-ring (bicyclic) bond motifs is 1. The monoisotopic (exact) mass is 491 g/mol. The quantitative estimate of drug-likeness (QED) is 0.428. The van der Waals surface area contributed by atoms with Crippen molar-refractivity contribution in [2.24, 2.45) is 0 Å². The number of H-pyrrole nitrogens is 1. The molecule has 12 heteroatoms. The molecule has 6 heterocycles. The Morgan fingerprint density at radius 3 is 2.83 bits per heavy atom. The fourth-order valence-corrected chi connectivity index (χ4v) is 4.63. The number of carbonyl (C=O) groups excluding carboxylic acids is 1. The Morgan fingerprint density at radius 2 is 2.03 bits per heavy atom. The smallest absolute Gasteiger partial charge is 0.300 e. The molecule has 0 aliphatic carbocycles. The Labute approximate surface area is 205 Å². The summed E-state index contributed by atoms with van der Waals surface area (Å²) in [6.45, 7) is 3.07. The number of ether oxygens (including phenoxy) is 1. The molecular formula is C24H25N7O5. The van der Waals surface area contributed by atoms with Crippen LogP contribution >= 0.6 is 0 Å². The lowest BCUT2D eigenvalue weighted by molar-refractivity contribution is 0.0372. The van der Waals surface area contributed by atoms with Gasteiger partial charge in [-0.1, -0.05) is 0 Å². The lowest BCUT2D eigenvalue weighted by Crippen LogP contribution is -2.40. The minimum atomic E-state index is -0.409. The number of aromatic amines is 1. The molecule has 1 amide bonds. The van der Waals surface area contributed by atoms with Gasteiger partial charge in [0.05, 0.1) is 18.8 Å². The number of pyridine rings is 2. The third-order valence-corrected chi connectivity index (χ3v) is 6.45.